The van der Waals surface area contributed by atoms with Crippen LogP contribution in [0.15, 0.2) is 12.1 Å². The maximum Gasteiger partial charge on any atom is 0.247 e. The van der Waals surface area contributed by atoms with Gasteiger partial charge in [0.2, 0.25) is 11.8 Å². The molecule has 0 heterocycles. The lowest BCUT2D eigenvalue weighted by atomic mass is 10.2. The Kier molecular flexibility index (Phi) is 5.22. The maximum atomic E-state index is 13.3. The number of carbonyl (C=O) groups is 2. The van der Waals surface area contributed by atoms with Gasteiger partial charge in [0.25, 0.3) is 0 Å². The molecule has 2 amide bonds. The Morgan fingerprint density at radius 3 is 2.21 bits per heavy atom. The third-order valence-electron chi connectivity index (χ3n) is 2.13. The molecule has 0 aliphatic heterocycles. The standard InChI is InChI=1S/C11H11F3N2O2S/c1-5(17)15-9(4-19)11(18)16-10-7(13)2-6(12)3-8(10)14/h2-3,9,19H,4H2,1H3,(H,15,17)(H,16,18). The fourth-order valence-electron chi connectivity index (χ4n) is 1.31. The van der Waals surface area contributed by atoms with Crippen LogP contribution in [-0.4, -0.2) is 23.6 Å². The van der Waals surface area contributed by atoms with Crippen molar-refractivity contribution in [2.75, 3.05) is 11.1 Å². The third kappa shape index (κ3) is 4.16. The van der Waals surface area contributed by atoms with Crippen LogP contribution < -0.4 is 10.6 Å². The molecule has 0 aliphatic carbocycles. The molecule has 4 nitrogen and oxygen atoms in total. The van der Waals surface area contributed by atoms with Crippen molar-refractivity contribution in [2.45, 2.75) is 13.0 Å². The van der Waals surface area contributed by atoms with Crippen molar-refractivity contribution < 1.29 is 22.8 Å². The number of anilines is 1. The lowest BCUT2D eigenvalue weighted by Crippen LogP contribution is -2.44. The van der Waals surface area contributed by atoms with Crippen LogP contribution in [0.3, 0.4) is 0 Å². The van der Waals surface area contributed by atoms with Crippen LogP contribution in [0.4, 0.5) is 18.9 Å². The predicted octanol–water partition coefficient (Wildman–Crippen LogP) is 1.48. The number of benzene rings is 1. The van der Waals surface area contributed by atoms with E-state index in [9.17, 15) is 22.8 Å². The van der Waals surface area contributed by atoms with Crippen LogP contribution in [0.2, 0.25) is 0 Å². The molecule has 0 aliphatic rings. The Hall–Kier alpha value is -1.70. The van der Waals surface area contributed by atoms with Gasteiger partial charge >= 0.3 is 0 Å². The number of halogens is 3. The zero-order valence-corrected chi connectivity index (χ0v) is 10.7. The van der Waals surface area contributed by atoms with E-state index in [-0.39, 0.29) is 5.75 Å². The summed E-state index contributed by atoms with van der Waals surface area (Å²) < 4.78 is 39.3. The monoisotopic (exact) mass is 292 g/mol. The molecule has 19 heavy (non-hydrogen) atoms. The van der Waals surface area contributed by atoms with Gasteiger partial charge in [0.05, 0.1) is 0 Å². The molecule has 8 heteroatoms. The fourth-order valence-corrected chi connectivity index (χ4v) is 1.57. The van der Waals surface area contributed by atoms with Crippen molar-refractivity contribution in [3.05, 3.63) is 29.6 Å². The van der Waals surface area contributed by atoms with Gasteiger partial charge in [-0.1, -0.05) is 0 Å². The topological polar surface area (TPSA) is 58.2 Å². The fraction of sp³-hybridized carbons (Fsp3) is 0.273. The Balaban J connectivity index is 2.90. The van der Waals surface area contributed by atoms with Gasteiger partial charge in [-0.3, -0.25) is 9.59 Å². The summed E-state index contributed by atoms with van der Waals surface area (Å²) in [5.74, 6) is -4.99. The second-order valence-corrected chi connectivity index (χ2v) is 4.03. The molecule has 104 valence electrons. The van der Waals surface area contributed by atoms with E-state index in [1.807, 2.05) is 5.32 Å². The van der Waals surface area contributed by atoms with E-state index in [4.69, 9.17) is 0 Å². The second kappa shape index (κ2) is 6.46. The van der Waals surface area contributed by atoms with Gasteiger partial charge < -0.3 is 10.6 Å². The Morgan fingerprint density at radius 1 is 1.26 bits per heavy atom. The van der Waals surface area contributed by atoms with Gasteiger partial charge in [-0.2, -0.15) is 12.6 Å². The minimum absolute atomic E-state index is 0.0597. The molecule has 1 aromatic rings. The number of hydrogen-bond acceptors (Lipinski definition) is 3. The highest BCUT2D eigenvalue weighted by Crippen LogP contribution is 2.20. The number of hydrogen-bond donors (Lipinski definition) is 3. The van der Waals surface area contributed by atoms with E-state index in [0.29, 0.717) is 12.1 Å². The van der Waals surface area contributed by atoms with Crippen LogP contribution in [0.5, 0.6) is 0 Å². The van der Waals surface area contributed by atoms with E-state index < -0.39 is 41.0 Å². The number of amides is 2. The van der Waals surface area contributed by atoms with Crippen molar-refractivity contribution in [1.29, 1.82) is 0 Å². The van der Waals surface area contributed by atoms with Gasteiger partial charge in [0.15, 0.2) is 11.6 Å². The van der Waals surface area contributed by atoms with Gasteiger partial charge in [0, 0.05) is 24.8 Å². The molecule has 1 aromatic carbocycles. The minimum atomic E-state index is -1.24. The van der Waals surface area contributed by atoms with Crippen molar-refractivity contribution in [2.24, 2.45) is 0 Å². The zero-order chi connectivity index (χ0) is 14.6. The first-order valence-corrected chi connectivity index (χ1v) is 5.81. The Labute approximate surface area is 112 Å². The average molecular weight is 292 g/mol. The summed E-state index contributed by atoms with van der Waals surface area (Å²) >= 11 is 3.84. The number of nitrogens with one attached hydrogen (secondary N) is 2. The Morgan fingerprint density at radius 2 is 1.79 bits per heavy atom. The quantitative estimate of drug-likeness (QED) is 0.736. The summed E-state index contributed by atoms with van der Waals surface area (Å²) in [5, 5.41) is 4.20. The SMILES string of the molecule is CC(=O)NC(CS)C(=O)Nc1c(F)cc(F)cc1F. The molecule has 0 radical (unpaired) electrons. The second-order valence-electron chi connectivity index (χ2n) is 3.67. The van der Waals surface area contributed by atoms with Crippen molar-refractivity contribution in [3.8, 4) is 0 Å². The van der Waals surface area contributed by atoms with Crippen LogP contribution in [0.1, 0.15) is 6.92 Å². The maximum absolute atomic E-state index is 13.3. The predicted molar refractivity (Wildman–Crippen MR) is 66.4 cm³/mol. The lowest BCUT2D eigenvalue weighted by Gasteiger charge is -2.16. The zero-order valence-electron chi connectivity index (χ0n) is 9.84. The first-order valence-electron chi connectivity index (χ1n) is 5.18. The molecule has 0 aromatic heterocycles. The molecule has 2 N–H and O–H groups in total. The Bertz CT molecular complexity index is 488. The van der Waals surface area contributed by atoms with Crippen molar-refractivity contribution in [1.82, 2.24) is 5.32 Å². The summed E-state index contributed by atoms with van der Waals surface area (Å²) in [6, 6.07) is -0.177. The highest BCUT2D eigenvalue weighted by Gasteiger charge is 2.21. The lowest BCUT2D eigenvalue weighted by molar-refractivity contribution is -0.124. The molecule has 1 rings (SSSR count). The van der Waals surface area contributed by atoms with Crippen molar-refractivity contribution >= 4 is 30.1 Å². The summed E-state index contributed by atoms with van der Waals surface area (Å²) in [7, 11) is 0. The molecule has 0 spiro atoms. The number of thiol groups is 1. The molecule has 1 unspecified atom stereocenters. The molecule has 0 bridgehead atoms. The van der Waals surface area contributed by atoms with Crippen LogP contribution in [-0.2, 0) is 9.59 Å². The summed E-state index contributed by atoms with van der Waals surface area (Å²) in [4.78, 5) is 22.5. The molecular weight excluding hydrogens is 281 g/mol. The van der Waals surface area contributed by atoms with E-state index in [0.717, 1.165) is 0 Å². The third-order valence-corrected chi connectivity index (χ3v) is 2.50. The molecular formula is C11H11F3N2O2S. The summed E-state index contributed by atoms with van der Waals surface area (Å²) in [5.41, 5.74) is -0.775. The molecule has 0 saturated carbocycles. The first-order chi connectivity index (χ1) is 8.85. The van der Waals surface area contributed by atoms with Crippen molar-refractivity contribution in [3.63, 3.8) is 0 Å². The largest absolute Gasteiger partial charge is 0.344 e. The summed E-state index contributed by atoms with van der Waals surface area (Å²) in [6.07, 6.45) is 0. The molecule has 0 saturated heterocycles. The summed E-state index contributed by atoms with van der Waals surface area (Å²) in [6.45, 7) is 1.18. The van der Waals surface area contributed by atoms with E-state index in [1.54, 1.807) is 0 Å². The molecule has 1 atom stereocenters. The van der Waals surface area contributed by atoms with Gasteiger partial charge in [-0.15, -0.1) is 0 Å². The number of carbonyl (C=O) groups excluding carboxylic acids is 2. The minimum Gasteiger partial charge on any atom is -0.344 e. The normalized spacial score (nSPS) is 11.8. The average Bonchev–Trinajstić information content (AvgIpc) is 2.30. The van der Waals surface area contributed by atoms with E-state index in [1.165, 1.54) is 6.92 Å². The smallest absolute Gasteiger partial charge is 0.247 e. The van der Waals surface area contributed by atoms with E-state index in [2.05, 4.69) is 17.9 Å². The van der Waals surface area contributed by atoms with Crippen LogP contribution in [0, 0.1) is 17.5 Å². The van der Waals surface area contributed by atoms with Crippen LogP contribution in [0.25, 0.3) is 0 Å². The van der Waals surface area contributed by atoms with E-state index >= 15 is 0 Å². The highest BCUT2D eigenvalue weighted by atomic mass is 32.1. The van der Waals surface area contributed by atoms with Gasteiger partial charge in [0.1, 0.15) is 17.5 Å². The van der Waals surface area contributed by atoms with Gasteiger partial charge in [-0.05, 0) is 0 Å². The van der Waals surface area contributed by atoms with Gasteiger partial charge in [-0.25, -0.2) is 13.2 Å². The first kappa shape index (κ1) is 15.4. The highest BCUT2D eigenvalue weighted by molar-refractivity contribution is 7.80. The molecule has 0 fully saturated rings. The number of rotatable bonds is 4. The van der Waals surface area contributed by atoms with Crippen LogP contribution >= 0.6 is 12.6 Å².